The number of carbonyl (C=O) groups is 1. The number of aryl methyl sites for hydroxylation is 1. The summed E-state index contributed by atoms with van der Waals surface area (Å²) < 4.78 is 40.0. The number of nitrogens with zero attached hydrogens (tertiary/aromatic N) is 3. The van der Waals surface area contributed by atoms with Gasteiger partial charge in [0.15, 0.2) is 0 Å². The van der Waals surface area contributed by atoms with Crippen LogP contribution in [0, 0.1) is 12.7 Å². The lowest BCUT2D eigenvalue weighted by Crippen LogP contribution is -2.50. The molecule has 0 aromatic heterocycles. The number of sulfonamides is 1. The predicted octanol–water partition coefficient (Wildman–Crippen LogP) is 1.59. The third-order valence-electron chi connectivity index (χ3n) is 4.61. The van der Waals surface area contributed by atoms with Crippen molar-refractivity contribution in [2.24, 2.45) is 5.10 Å². The van der Waals surface area contributed by atoms with Gasteiger partial charge in [-0.25, -0.2) is 18.2 Å². The molecular weight excluding hydrogens is 395 g/mol. The van der Waals surface area contributed by atoms with E-state index in [0.29, 0.717) is 31.7 Å². The molecule has 1 fully saturated rings. The molecule has 7 nitrogen and oxygen atoms in total. The van der Waals surface area contributed by atoms with E-state index < -0.39 is 10.0 Å². The van der Waals surface area contributed by atoms with Gasteiger partial charge in [0.25, 0.3) is 5.91 Å². The smallest absolute Gasteiger partial charge is 0.254 e. The molecule has 29 heavy (non-hydrogen) atoms. The topological polar surface area (TPSA) is 82.1 Å². The molecule has 0 aliphatic carbocycles. The van der Waals surface area contributed by atoms with E-state index in [1.165, 1.54) is 22.7 Å². The normalized spacial score (nSPS) is 16.2. The Morgan fingerprint density at radius 3 is 2.48 bits per heavy atom. The van der Waals surface area contributed by atoms with Gasteiger partial charge in [0.2, 0.25) is 10.0 Å². The van der Waals surface area contributed by atoms with Crippen molar-refractivity contribution in [3.8, 4) is 0 Å². The molecule has 1 N–H and O–H groups in total. The Labute approximate surface area is 169 Å². The lowest BCUT2D eigenvalue weighted by Gasteiger charge is -2.33. The van der Waals surface area contributed by atoms with Crippen LogP contribution in [0.25, 0.3) is 0 Å². The number of hydrogen-bond donors (Lipinski definition) is 1. The number of halogens is 1. The van der Waals surface area contributed by atoms with Crippen molar-refractivity contribution in [3.63, 3.8) is 0 Å². The summed E-state index contributed by atoms with van der Waals surface area (Å²) in [6.45, 7) is 3.55. The summed E-state index contributed by atoms with van der Waals surface area (Å²) in [6, 6.07) is 12.6. The molecule has 3 rings (SSSR count). The molecule has 9 heteroatoms. The highest BCUT2D eigenvalue weighted by Gasteiger charge is 2.28. The summed E-state index contributed by atoms with van der Waals surface area (Å²) in [5.74, 6) is -0.689. The van der Waals surface area contributed by atoms with E-state index in [2.05, 4.69) is 10.5 Å². The van der Waals surface area contributed by atoms with Crippen LogP contribution in [0.3, 0.4) is 0 Å². The van der Waals surface area contributed by atoms with E-state index in [1.807, 2.05) is 11.8 Å². The van der Waals surface area contributed by atoms with Crippen molar-refractivity contribution in [2.75, 3.05) is 32.7 Å². The maximum Gasteiger partial charge on any atom is 0.254 e. The molecule has 1 aliphatic heterocycles. The minimum Gasteiger partial charge on any atom is -0.292 e. The maximum atomic E-state index is 13.1. The summed E-state index contributed by atoms with van der Waals surface area (Å²) in [5.41, 5.74) is 3.95. The van der Waals surface area contributed by atoms with E-state index >= 15 is 0 Å². The number of hydrazone groups is 1. The molecule has 0 unspecified atom stereocenters. The van der Waals surface area contributed by atoms with E-state index in [9.17, 15) is 17.6 Å². The van der Waals surface area contributed by atoms with Crippen LogP contribution in [0.1, 0.15) is 11.1 Å². The monoisotopic (exact) mass is 418 g/mol. The average molecular weight is 418 g/mol. The average Bonchev–Trinajstić information content (AvgIpc) is 2.69. The molecule has 1 heterocycles. The zero-order valence-electron chi connectivity index (χ0n) is 16.1. The quantitative estimate of drug-likeness (QED) is 0.571. The van der Waals surface area contributed by atoms with Crippen LogP contribution in [0.15, 0.2) is 58.5 Å². The third-order valence-corrected chi connectivity index (χ3v) is 6.52. The van der Waals surface area contributed by atoms with Crippen LogP contribution in [-0.4, -0.2) is 62.5 Å². The second-order valence-electron chi connectivity index (χ2n) is 6.84. The molecule has 1 aliphatic rings. The van der Waals surface area contributed by atoms with Gasteiger partial charge in [-0.3, -0.25) is 9.69 Å². The number of amides is 1. The molecule has 0 bridgehead atoms. The maximum absolute atomic E-state index is 13.1. The lowest BCUT2D eigenvalue weighted by molar-refractivity contribution is -0.122. The van der Waals surface area contributed by atoms with E-state index in [-0.39, 0.29) is 23.2 Å². The minimum absolute atomic E-state index is 0.110. The Bertz CT molecular complexity index is 985. The summed E-state index contributed by atoms with van der Waals surface area (Å²) in [5, 5.41) is 3.82. The van der Waals surface area contributed by atoms with Gasteiger partial charge in [0.1, 0.15) is 5.82 Å². The van der Waals surface area contributed by atoms with Crippen molar-refractivity contribution in [1.29, 1.82) is 0 Å². The summed E-state index contributed by atoms with van der Waals surface area (Å²) >= 11 is 0. The Morgan fingerprint density at radius 2 is 1.83 bits per heavy atom. The van der Waals surface area contributed by atoms with Gasteiger partial charge < -0.3 is 0 Å². The van der Waals surface area contributed by atoms with E-state index in [1.54, 1.807) is 36.4 Å². The zero-order valence-corrected chi connectivity index (χ0v) is 16.9. The highest BCUT2D eigenvalue weighted by molar-refractivity contribution is 7.89. The van der Waals surface area contributed by atoms with Gasteiger partial charge in [-0.2, -0.15) is 9.41 Å². The van der Waals surface area contributed by atoms with Gasteiger partial charge in [0.05, 0.1) is 17.7 Å². The number of hydrogen-bond acceptors (Lipinski definition) is 5. The first-order chi connectivity index (χ1) is 13.8. The van der Waals surface area contributed by atoms with Crippen molar-refractivity contribution in [2.45, 2.75) is 11.8 Å². The highest BCUT2D eigenvalue weighted by Crippen LogP contribution is 2.18. The number of nitrogens with one attached hydrogen (secondary N) is 1. The van der Waals surface area contributed by atoms with Gasteiger partial charge >= 0.3 is 0 Å². The summed E-state index contributed by atoms with van der Waals surface area (Å²) in [6.07, 6.45) is 1.37. The zero-order chi connectivity index (χ0) is 20.9. The lowest BCUT2D eigenvalue weighted by atomic mass is 10.2. The first-order valence-corrected chi connectivity index (χ1v) is 10.7. The van der Waals surface area contributed by atoms with Crippen LogP contribution >= 0.6 is 0 Å². The summed E-state index contributed by atoms with van der Waals surface area (Å²) in [4.78, 5) is 14.2. The molecule has 1 amide bonds. The van der Waals surface area contributed by atoms with E-state index in [0.717, 1.165) is 5.56 Å². The fourth-order valence-corrected chi connectivity index (χ4v) is 4.41. The van der Waals surface area contributed by atoms with Gasteiger partial charge in [-0.05, 0) is 36.8 Å². The van der Waals surface area contributed by atoms with Crippen LogP contribution < -0.4 is 5.43 Å². The van der Waals surface area contributed by atoms with Gasteiger partial charge in [-0.15, -0.1) is 0 Å². The minimum atomic E-state index is -3.53. The van der Waals surface area contributed by atoms with Crippen LogP contribution in [-0.2, 0) is 14.8 Å². The Kier molecular flexibility index (Phi) is 6.73. The molecule has 2 aromatic rings. The largest absolute Gasteiger partial charge is 0.292 e. The molecule has 0 spiro atoms. The molecule has 154 valence electrons. The molecule has 0 atom stereocenters. The van der Waals surface area contributed by atoms with Crippen molar-refractivity contribution in [1.82, 2.24) is 14.6 Å². The predicted molar refractivity (Wildman–Crippen MR) is 109 cm³/mol. The third kappa shape index (κ3) is 5.69. The first kappa shape index (κ1) is 21.1. The number of carbonyl (C=O) groups excluding carboxylic acids is 1. The first-order valence-electron chi connectivity index (χ1n) is 9.21. The van der Waals surface area contributed by atoms with E-state index in [4.69, 9.17) is 0 Å². The Morgan fingerprint density at radius 1 is 1.14 bits per heavy atom. The van der Waals surface area contributed by atoms with Crippen LogP contribution in [0.5, 0.6) is 0 Å². The van der Waals surface area contributed by atoms with Crippen molar-refractivity contribution < 1.29 is 17.6 Å². The number of piperazine rings is 1. The second-order valence-corrected chi connectivity index (χ2v) is 8.78. The molecular formula is C20H23FN4O3S. The Hall–Kier alpha value is -2.62. The fraction of sp³-hybridized carbons (Fsp3) is 0.300. The van der Waals surface area contributed by atoms with Crippen LogP contribution in [0.4, 0.5) is 4.39 Å². The second kappa shape index (κ2) is 9.25. The molecule has 0 radical (unpaired) electrons. The van der Waals surface area contributed by atoms with Crippen molar-refractivity contribution in [3.05, 3.63) is 65.5 Å². The highest BCUT2D eigenvalue weighted by atomic mass is 32.2. The number of rotatable bonds is 6. The standard InChI is InChI=1S/C20H23FN4O3S/c1-16-5-7-19(8-6-16)29(27,28)25-11-9-24(10-12-25)15-20(26)23-22-14-17-3-2-4-18(21)13-17/h2-8,13-14H,9-12,15H2,1H3,(H,23,26)/b22-14-. The van der Waals surface area contributed by atoms with Crippen LogP contribution in [0.2, 0.25) is 0 Å². The van der Waals surface area contributed by atoms with Crippen molar-refractivity contribution >= 4 is 22.1 Å². The van der Waals surface area contributed by atoms with Gasteiger partial charge in [-0.1, -0.05) is 29.8 Å². The SMILES string of the molecule is Cc1ccc(S(=O)(=O)N2CCN(CC(=O)N/N=C\c3cccc(F)c3)CC2)cc1. The van der Waals surface area contributed by atoms with Gasteiger partial charge in [0, 0.05) is 26.2 Å². The fourth-order valence-electron chi connectivity index (χ4n) is 2.99. The number of benzene rings is 2. The Balaban J connectivity index is 1.48. The molecule has 1 saturated heterocycles. The molecule has 2 aromatic carbocycles. The summed E-state index contributed by atoms with van der Waals surface area (Å²) in [7, 11) is -3.53. The molecule has 0 saturated carbocycles.